The third-order valence-corrected chi connectivity index (χ3v) is 4.68. The summed E-state index contributed by atoms with van der Waals surface area (Å²) in [6.07, 6.45) is 0. The minimum Gasteiger partial charge on any atom is -0.280 e. The second-order valence-corrected chi connectivity index (χ2v) is 6.77. The van der Waals surface area contributed by atoms with Gasteiger partial charge in [-0.05, 0) is 32.4 Å². The van der Waals surface area contributed by atoms with Crippen molar-refractivity contribution in [1.82, 2.24) is 0 Å². The Kier molecular flexibility index (Phi) is 4.10. The van der Waals surface area contributed by atoms with Gasteiger partial charge in [-0.1, -0.05) is 29.3 Å². The van der Waals surface area contributed by atoms with Gasteiger partial charge in [0.05, 0.1) is 21.0 Å². The Morgan fingerprint density at radius 1 is 1.25 bits per heavy atom. The lowest BCUT2D eigenvalue weighted by molar-refractivity contribution is 0.593. The van der Waals surface area contributed by atoms with Gasteiger partial charge in [0.1, 0.15) is 0 Å². The van der Waals surface area contributed by atoms with Crippen molar-refractivity contribution in [3.63, 3.8) is 0 Å². The van der Waals surface area contributed by atoms with Crippen molar-refractivity contribution in [2.75, 3.05) is 4.72 Å². The van der Waals surface area contributed by atoms with E-state index in [0.717, 1.165) is 5.56 Å². The van der Waals surface area contributed by atoms with Crippen molar-refractivity contribution in [2.45, 2.75) is 26.0 Å². The molecule has 90 valence electrons. The molecule has 0 spiro atoms. The molecule has 6 heteroatoms. The Bertz CT molecular complexity index is 498. The van der Waals surface area contributed by atoms with E-state index >= 15 is 0 Å². The van der Waals surface area contributed by atoms with Gasteiger partial charge in [0.15, 0.2) is 0 Å². The van der Waals surface area contributed by atoms with Crippen molar-refractivity contribution in [2.24, 2.45) is 0 Å². The molecular formula is C10H13Cl2NO2S. The summed E-state index contributed by atoms with van der Waals surface area (Å²) in [5.74, 6) is 0. The summed E-state index contributed by atoms with van der Waals surface area (Å²) in [7, 11) is -3.43. The Balaban J connectivity index is 3.21. The van der Waals surface area contributed by atoms with Crippen LogP contribution in [0, 0.1) is 6.92 Å². The van der Waals surface area contributed by atoms with E-state index in [4.69, 9.17) is 23.2 Å². The molecule has 0 bridgehead atoms. The van der Waals surface area contributed by atoms with Crippen LogP contribution in [0.4, 0.5) is 5.69 Å². The first-order valence-electron chi connectivity index (χ1n) is 4.72. The van der Waals surface area contributed by atoms with Gasteiger partial charge in [-0.2, -0.15) is 0 Å². The Hall–Kier alpha value is -0.450. The van der Waals surface area contributed by atoms with Gasteiger partial charge in [-0.25, -0.2) is 8.42 Å². The molecule has 0 amide bonds. The van der Waals surface area contributed by atoms with Gasteiger partial charge in [0.25, 0.3) is 0 Å². The van der Waals surface area contributed by atoms with Gasteiger partial charge in [0.2, 0.25) is 10.0 Å². The van der Waals surface area contributed by atoms with Crippen LogP contribution in [0.1, 0.15) is 19.4 Å². The van der Waals surface area contributed by atoms with Crippen LogP contribution in [0.25, 0.3) is 0 Å². The maximum Gasteiger partial charge on any atom is 0.235 e. The molecular weight excluding hydrogens is 269 g/mol. The highest BCUT2D eigenvalue weighted by atomic mass is 35.5. The fraction of sp³-hybridized carbons (Fsp3) is 0.400. The number of nitrogens with one attached hydrogen (secondary N) is 1. The monoisotopic (exact) mass is 281 g/mol. The third-order valence-electron chi connectivity index (χ3n) is 2.15. The molecule has 0 saturated carbocycles. The van der Waals surface area contributed by atoms with Crippen LogP contribution in [0.2, 0.25) is 10.0 Å². The Morgan fingerprint density at radius 2 is 1.81 bits per heavy atom. The predicted octanol–water partition coefficient (Wildman–Crippen LogP) is 3.45. The van der Waals surface area contributed by atoms with E-state index in [9.17, 15) is 8.42 Å². The Morgan fingerprint density at radius 3 is 2.31 bits per heavy atom. The summed E-state index contributed by atoms with van der Waals surface area (Å²) in [6, 6.07) is 3.35. The molecule has 1 aromatic carbocycles. The normalized spacial score (nSPS) is 11.9. The van der Waals surface area contributed by atoms with Crippen LogP contribution in [0.15, 0.2) is 12.1 Å². The van der Waals surface area contributed by atoms with E-state index in [-0.39, 0.29) is 5.69 Å². The molecule has 0 fully saturated rings. The van der Waals surface area contributed by atoms with Crippen LogP contribution in [-0.4, -0.2) is 13.7 Å². The highest BCUT2D eigenvalue weighted by molar-refractivity contribution is 7.93. The molecule has 0 unspecified atom stereocenters. The number of hydrogen-bond donors (Lipinski definition) is 1. The van der Waals surface area contributed by atoms with Crippen LogP contribution >= 0.6 is 23.2 Å². The summed E-state index contributed by atoms with van der Waals surface area (Å²) in [5.41, 5.74) is 1.02. The minimum absolute atomic E-state index is 0.247. The average molecular weight is 282 g/mol. The summed E-state index contributed by atoms with van der Waals surface area (Å²) in [5, 5.41) is 0.0803. The van der Waals surface area contributed by atoms with Crippen LogP contribution < -0.4 is 4.72 Å². The molecule has 3 nitrogen and oxygen atoms in total. The van der Waals surface area contributed by atoms with Gasteiger partial charge in [-0.15, -0.1) is 0 Å². The highest BCUT2D eigenvalue weighted by Gasteiger charge is 2.19. The molecule has 16 heavy (non-hydrogen) atoms. The lowest BCUT2D eigenvalue weighted by Crippen LogP contribution is -2.22. The number of benzene rings is 1. The number of hydrogen-bond acceptors (Lipinski definition) is 2. The van der Waals surface area contributed by atoms with Crippen molar-refractivity contribution in [3.8, 4) is 0 Å². The first kappa shape index (κ1) is 13.6. The van der Waals surface area contributed by atoms with E-state index < -0.39 is 15.3 Å². The molecule has 0 aliphatic carbocycles. The quantitative estimate of drug-likeness (QED) is 0.922. The van der Waals surface area contributed by atoms with E-state index in [1.807, 2.05) is 0 Å². The summed E-state index contributed by atoms with van der Waals surface area (Å²) in [4.78, 5) is 0. The van der Waals surface area contributed by atoms with Crippen LogP contribution in [-0.2, 0) is 10.0 Å². The van der Waals surface area contributed by atoms with E-state index in [2.05, 4.69) is 4.72 Å². The maximum atomic E-state index is 11.7. The van der Waals surface area contributed by atoms with Gasteiger partial charge in [-0.3, -0.25) is 4.72 Å². The topological polar surface area (TPSA) is 46.2 Å². The van der Waals surface area contributed by atoms with Gasteiger partial charge in [0, 0.05) is 0 Å². The molecule has 0 heterocycles. The van der Waals surface area contributed by atoms with Crippen molar-refractivity contribution >= 4 is 38.9 Å². The number of halogens is 2. The molecule has 0 aliphatic heterocycles. The molecule has 1 rings (SSSR count). The average Bonchev–Trinajstić information content (AvgIpc) is 2.18. The lowest BCUT2D eigenvalue weighted by Gasteiger charge is -2.14. The molecule has 0 aliphatic rings. The van der Waals surface area contributed by atoms with Crippen LogP contribution in [0.5, 0.6) is 0 Å². The summed E-state index contributed by atoms with van der Waals surface area (Å²) < 4.78 is 25.8. The maximum absolute atomic E-state index is 11.7. The standard InChI is InChI=1S/C10H13Cl2NO2S/c1-6(2)16(14,15)13-10-8(11)5-4-7(3)9(10)12/h4-6,13H,1-3H3. The molecule has 1 N–H and O–H groups in total. The van der Waals surface area contributed by atoms with Crippen LogP contribution in [0.3, 0.4) is 0 Å². The van der Waals surface area contributed by atoms with Crippen molar-refractivity contribution in [1.29, 1.82) is 0 Å². The number of rotatable bonds is 3. The van der Waals surface area contributed by atoms with E-state index in [1.165, 1.54) is 0 Å². The first-order valence-corrected chi connectivity index (χ1v) is 7.02. The SMILES string of the molecule is Cc1ccc(Cl)c(NS(=O)(=O)C(C)C)c1Cl. The minimum atomic E-state index is -3.43. The zero-order valence-electron chi connectivity index (χ0n) is 9.21. The zero-order valence-corrected chi connectivity index (χ0v) is 11.5. The first-order chi connectivity index (χ1) is 7.25. The molecule has 1 aromatic rings. The second kappa shape index (κ2) is 4.82. The summed E-state index contributed by atoms with van der Waals surface area (Å²) >= 11 is 11.9. The summed E-state index contributed by atoms with van der Waals surface area (Å²) in [6.45, 7) is 4.95. The lowest BCUT2D eigenvalue weighted by atomic mass is 10.2. The zero-order chi connectivity index (χ0) is 12.5. The van der Waals surface area contributed by atoms with E-state index in [0.29, 0.717) is 10.0 Å². The highest BCUT2D eigenvalue weighted by Crippen LogP contribution is 2.33. The fourth-order valence-corrected chi connectivity index (χ4v) is 2.32. The van der Waals surface area contributed by atoms with Gasteiger partial charge < -0.3 is 0 Å². The third kappa shape index (κ3) is 2.81. The van der Waals surface area contributed by atoms with E-state index in [1.54, 1.807) is 32.9 Å². The number of aryl methyl sites for hydroxylation is 1. The smallest absolute Gasteiger partial charge is 0.235 e. The predicted molar refractivity (Wildman–Crippen MR) is 68.9 cm³/mol. The largest absolute Gasteiger partial charge is 0.280 e. The Labute approximate surface area is 106 Å². The molecule has 0 radical (unpaired) electrons. The molecule has 0 atom stereocenters. The molecule has 0 saturated heterocycles. The van der Waals surface area contributed by atoms with Crippen molar-refractivity contribution < 1.29 is 8.42 Å². The second-order valence-electron chi connectivity index (χ2n) is 3.75. The fourth-order valence-electron chi connectivity index (χ4n) is 1.01. The molecule has 0 aromatic heterocycles. The number of sulfonamides is 1. The van der Waals surface area contributed by atoms with Gasteiger partial charge >= 0.3 is 0 Å². The van der Waals surface area contributed by atoms with Crippen molar-refractivity contribution in [3.05, 3.63) is 27.7 Å². The number of anilines is 1.